The van der Waals surface area contributed by atoms with Gasteiger partial charge in [-0.1, -0.05) is 54.1 Å². The number of amides is 2. The number of nitrogens with zero attached hydrogens (tertiary/aromatic N) is 1. The normalized spacial score (nSPS) is 23.5. The maximum Gasteiger partial charge on any atom is 0.251 e. The summed E-state index contributed by atoms with van der Waals surface area (Å²) in [5.41, 5.74) is 4.05. The van der Waals surface area contributed by atoms with Gasteiger partial charge in [0.1, 0.15) is 6.10 Å². The molecule has 2 unspecified atom stereocenters. The van der Waals surface area contributed by atoms with Gasteiger partial charge >= 0.3 is 0 Å². The Hall–Kier alpha value is -2.66. The SMILES string of the molecule is CNC(=O)C1(Cc2cccc(-c3cccc(C)c3)c2)CCCN(C(=O)C2CCCO2)C1. The van der Waals surface area contributed by atoms with Gasteiger partial charge in [0.25, 0.3) is 5.91 Å². The zero-order valence-electron chi connectivity index (χ0n) is 18.5. The van der Waals surface area contributed by atoms with Crippen molar-refractivity contribution in [3.05, 3.63) is 59.7 Å². The number of hydrogen-bond acceptors (Lipinski definition) is 3. The van der Waals surface area contributed by atoms with Crippen molar-refractivity contribution in [2.24, 2.45) is 5.41 Å². The topological polar surface area (TPSA) is 58.6 Å². The van der Waals surface area contributed by atoms with E-state index >= 15 is 0 Å². The van der Waals surface area contributed by atoms with Crippen LogP contribution in [0.25, 0.3) is 11.1 Å². The lowest BCUT2D eigenvalue weighted by atomic mass is 9.74. The van der Waals surface area contributed by atoms with Crippen LogP contribution in [0, 0.1) is 12.3 Å². The third-order valence-corrected chi connectivity index (χ3v) is 6.62. The summed E-state index contributed by atoms with van der Waals surface area (Å²) in [5, 5.41) is 2.87. The maximum absolute atomic E-state index is 13.1. The summed E-state index contributed by atoms with van der Waals surface area (Å²) in [5.74, 6) is 0.0530. The van der Waals surface area contributed by atoms with E-state index < -0.39 is 5.41 Å². The zero-order chi connectivity index (χ0) is 21.8. The molecule has 1 N–H and O–H groups in total. The van der Waals surface area contributed by atoms with Gasteiger partial charge in [0.15, 0.2) is 0 Å². The first kappa shape index (κ1) is 21.6. The van der Waals surface area contributed by atoms with Gasteiger partial charge in [-0.05, 0) is 55.7 Å². The summed E-state index contributed by atoms with van der Waals surface area (Å²) in [7, 11) is 1.69. The smallest absolute Gasteiger partial charge is 0.251 e. The molecule has 2 amide bonds. The van der Waals surface area contributed by atoms with Gasteiger partial charge in [0, 0.05) is 26.7 Å². The lowest BCUT2D eigenvalue weighted by molar-refractivity contribution is -0.148. The third kappa shape index (κ3) is 4.67. The van der Waals surface area contributed by atoms with Crippen LogP contribution in [0.4, 0.5) is 0 Å². The first-order valence-corrected chi connectivity index (χ1v) is 11.3. The van der Waals surface area contributed by atoms with E-state index in [1.165, 1.54) is 11.1 Å². The Morgan fingerprint density at radius 3 is 2.61 bits per heavy atom. The Morgan fingerprint density at radius 1 is 1.13 bits per heavy atom. The molecule has 0 radical (unpaired) electrons. The minimum absolute atomic E-state index is 0.0123. The van der Waals surface area contributed by atoms with Crippen LogP contribution in [0.2, 0.25) is 0 Å². The molecule has 0 aromatic heterocycles. The number of carbonyl (C=O) groups excluding carboxylic acids is 2. The van der Waals surface area contributed by atoms with Gasteiger partial charge < -0.3 is 15.0 Å². The molecular weight excluding hydrogens is 388 g/mol. The van der Waals surface area contributed by atoms with Gasteiger partial charge in [0.05, 0.1) is 5.41 Å². The van der Waals surface area contributed by atoms with Gasteiger partial charge in [-0.3, -0.25) is 9.59 Å². The predicted molar refractivity (Wildman–Crippen MR) is 122 cm³/mol. The summed E-state index contributed by atoms with van der Waals surface area (Å²) in [4.78, 5) is 28.0. The van der Waals surface area contributed by atoms with Gasteiger partial charge in [-0.15, -0.1) is 0 Å². The van der Waals surface area contributed by atoms with E-state index in [1.807, 2.05) is 4.90 Å². The molecule has 164 valence electrons. The van der Waals surface area contributed by atoms with E-state index in [9.17, 15) is 9.59 Å². The summed E-state index contributed by atoms with van der Waals surface area (Å²) >= 11 is 0. The van der Waals surface area contributed by atoms with E-state index in [0.29, 0.717) is 26.1 Å². The third-order valence-electron chi connectivity index (χ3n) is 6.62. The van der Waals surface area contributed by atoms with Crippen molar-refractivity contribution in [1.82, 2.24) is 10.2 Å². The van der Waals surface area contributed by atoms with Gasteiger partial charge in [0.2, 0.25) is 5.91 Å². The molecule has 31 heavy (non-hydrogen) atoms. The fourth-order valence-electron chi connectivity index (χ4n) is 5.05. The number of ether oxygens (including phenoxy) is 1. The molecule has 2 aliphatic heterocycles. The fourth-order valence-corrected chi connectivity index (χ4v) is 5.05. The van der Waals surface area contributed by atoms with E-state index in [4.69, 9.17) is 4.74 Å². The van der Waals surface area contributed by atoms with Crippen molar-refractivity contribution in [1.29, 1.82) is 0 Å². The first-order valence-electron chi connectivity index (χ1n) is 11.3. The van der Waals surface area contributed by atoms with Gasteiger partial charge in [-0.25, -0.2) is 0 Å². The van der Waals surface area contributed by atoms with Crippen molar-refractivity contribution in [3.63, 3.8) is 0 Å². The Labute approximate surface area is 184 Å². The molecule has 2 saturated heterocycles. The van der Waals surface area contributed by atoms with Crippen LogP contribution < -0.4 is 5.32 Å². The second kappa shape index (κ2) is 9.23. The lowest BCUT2D eigenvalue weighted by Gasteiger charge is -2.42. The van der Waals surface area contributed by atoms with Crippen LogP contribution in [-0.4, -0.2) is 49.6 Å². The standard InChI is InChI=1S/C26H32N2O3/c1-19-7-3-9-21(15-19)22-10-4-8-20(16-22)17-26(25(30)27-2)12-6-13-28(18-26)24(29)23-11-5-14-31-23/h3-4,7-10,15-16,23H,5-6,11-14,17-18H2,1-2H3,(H,27,30). The van der Waals surface area contributed by atoms with E-state index in [-0.39, 0.29) is 17.9 Å². The fraction of sp³-hybridized carbons (Fsp3) is 0.462. The van der Waals surface area contributed by atoms with Crippen molar-refractivity contribution >= 4 is 11.8 Å². The number of carbonyl (C=O) groups is 2. The van der Waals surface area contributed by atoms with E-state index in [2.05, 4.69) is 60.8 Å². The Kier molecular flexibility index (Phi) is 6.42. The number of likely N-dealkylation sites (tertiary alicyclic amines) is 1. The quantitative estimate of drug-likeness (QED) is 0.802. The van der Waals surface area contributed by atoms with Crippen LogP contribution in [-0.2, 0) is 20.7 Å². The summed E-state index contributed by atoms with van der Waals surface area (Å²) in [6.07, 6.45) is 3.57. The predicted octanol–water partition coefficient (Wildman–Crippen LogP) is 3.74. The van der Waals surface area contributed by atoms with Gasteiger partial charge in [-0.2, -0.15) is 0 Å². The number of rotatable bonds is 5. The van der Waals surface area contributed by atoms with Crippen molar-refractivity contribution in [3.8, 4) is 11.1 Å². The number of hydrogen-bond donors (Lipinski definition) is 1. The highest BCUT2D eigenvalue weighted by atomic mass is 16.5. The molecule has 0 saturated carbocycles. The Bertz CT molecular complexity index is 951. The highest BCUT2D eigenvalue weighted by molar-refractivity contribution is 5.86. The Morgan fingerprint density at radius 2 is 1.90 bits per heavy atom. The summed E-state index contributed by atoms with van der Waals surface area (Å²) in [6.45, 7) is 3.88. The molecule has 5 heteroatoms. The number of aryl methyl sites for hydroxylation is 1. The Balaban J connectivity index is 1.59. The largest absolute Gasteiger partial charge is 0.368 e. The average molecular weight is 421 g/mol. The highest BCUT2D eigenvalue weighted by Gasteiger charge is 2.44. The second-order valence-electron chi connectivity index (χ2n) is 8.97. The van der Waals surface area contributed by atoms with Crippen LogP contribution in [0.3, 0.4) is 0 Å². The minimum atomic E-state index is -0.619. The van der Waals surface area contributed by atoms with Crippen LogP contribution in [0.15, 0.2) is 48.5 Å². The highest BCUT2D eigenvalue weighted by Crippen LogP contribution is 2.36. The zero-order valence-corrected chi connectivity index (χ0v) is 18.5. The molecule has 2 aromatic carbocycles. The molecule has 5 nitrogen and oxygen atoms in total. The van der Waals surface area contributed by atoms with Crippen molar-refractivity contribution in [2.45, 2.75) is 45.1 Å². The number of benzene rings is 2. The summed E-state index contributed by atoms with van der Waals surface area (Å²) < 4.78 is 5.62. The molecule has 0 spiro atoms. The molecule has 0 bridgehead atoms. The second-order valence-corrected chi connectivity index (χ2v) is 8.97. The summed E-state index contributed by atoms with van der Waals surface area (Å²) in [6, 6.07) is 16.9. The van der Waals surface area contributed by atoms with E-state index in [1.54, 1.807) is 7.05 Å². The van der Waals surface area contributed by atoms with Crippen LogP contribution in [0.1, 0.15) is 36.8 Å². The van der Waals surface area contributed by atoms with E-state index in [0.717, 1.165) is 36.8 Å². The number of piperidine rings is 1. The molecule has 4 rings (SSSR count). The molecule has 2 atom stereocenters. The molecular formula is C26H32N2O3. The molecule has 0 aliphatic carbocycles. The monoisotopic (exact) mass is 420 g/mol. The number of nitrogens with one attached hydrogen (secondary N) is 1. The first-order chi connectivity index (χ1) is 15.0. The van der Waals surface area contributed by atoms with Crippen molar-refractivity contribution < 1.29 is 14.3 Å². The minimum Gasteiger partial charge on any atom is -0.368 e. The lowest BCUT2D eigenvalue weighted by Crippen LogP contribution is -2.55. The molecule has 2 heterocycles. The maximum atomic E-state index is 13.1. The van der Waals surface area contributed by atoms with Crippen LogP contribution >= 0.6 is 0 Å². The molecule has 2 fully saturated rings. The molecule has 2 aliphatic rings. The van der Waals surface area contributed by atoms with Crippen LogP contribution in [0.5, 0.6) is 0 Å². The van der Waals surface area contributed by atoms with Crippen molar-refractivity contribution in [2.75, 3.05) is 26.7 Å². The average Bonchev–Trinajstić information content (AvgIpc) is 3.33. The molecule has 2 aromatic rings.